The van der Waals surface area contributed by atoms with Crippen molar-refractivity contribution in [2.75, 3.05) is 11.4 Å². The van der Waals surface area contributed by atoms with Gasteiger partial charge in [-0.25, -0.2) is 8.42 Å². The van der Waals surface area contributed by atoms with Gasteiger partial charge in [-0.3, -0.25) is 9.69 Å². The Labute approximate surface area is 165 Å². The highest BCUT2D eigenvalue weighted by molar-refractivity contribution is 7.92. The number of sulfone groups is 1. The minimum atomic E-state index is -3.78. The number of benzene rings is 2. The fourth-order valence-electron chi connectivity index (χ4n) is 2.95. The molecule has 0 spiro atoms. The zero-order chi connectivity index (χ0) is 19.0. The quantitative estimate of drug-likeness (QED) is 0.647. The van der Waals surface area contributed by atoms with Crippen molar-refractivity contribution in [1.29, 1.82) is 0 Å². The summed E-state index contributed by atoms with van der Waals surface area (Å²) in [6.45, 7) is 0.291. The minimum Gasteiger partial charge on any atom is -0.286 e. The number of halogens is 1. The fourth-order valence-corrected chi connectivity index (χ4v) is 5.45. The van der Waals surface area contributed by atoms with Crippen LogP contribution in [0.3, 0.4) is 0 Å². The van der Waals surface area contributed by atoms with Crippen molar-refractivity contribution < 1.29 is 13.2 Å². The molecule has 0 saturated carbocycles. The van der Waals surface area contributed by atoms with Crippen LogP contribution in [-0.2, 0) is 14.6 Å². The first-order chi connectivity index (χ1) is 13.0. The van der Waals surface area contributed by atoms with E-state index in [0.29, 0.717) is 22.5 Å². The molecule has 27 heavy (non-hydrogen) atoms. The molecule has 1 aliphatic rings. The van der Waals surface area contributed by atoms with E-state index in [-0.39, 0.29) is 11.3 Å². The number of aromatic nitrogens is 2. The molecule has 6 nitrogen and oxygen atoms in total. The van der Waals surface area contributed by atoms with Crippen LogP contribution in [-0.4, -0.2) is 35.5 Å². The summed E-state index contributed by atoms with van der Waals surface area (Å²) in [6, 6.07) is 15.3. The first-order valence-corrected chi connectivity index (χ1v) is 10.9. The standard InChI is InChI=1S/C18H14ClN3O3S2/c19-13-6-8-14(9-7-13)27(24,25)15-10-11-22(17(15)23)18-20-16(21-26-18)12-4-2-1-3-5-12/h1-9,15H,10-11H2. The molecule has 1 unspecified atom stereocenters. The first-order valence-electron chi connectivity index (χ1n) is 8.17. The number of carbonyl (C=O) groups excluding carboxylic acids is 1. The van der Waals surface area contributed by atoms with Gasteiger partial charge in [0.25, 0.3) is 0 Å². The van der Waals surface area contributed by atoms with Gasteiger partial charge in [-0.05, 0) is 30.7 Å². The highest BCUT2D eigenvalue weighted by atomic mass is 35.5. The Hall–Kier alpha value is -2.29. The topological polar surface area (TPSA) is 80.2 Å². The predicted molar refractivity (Wildman–Crippen MR) is 105 cm³/mol. The lowest BCUT2D eigenvalue weighted by Crippen LogP contribution is -2.33. The van der Waals surface area contributed by atoms with Gasteiger partial charge in [-0.15, -0.1) is 0 Å². The molecule has 1 saturated heterocycles. The summed E-state index contributed by atoms with van der Waals surface area (Å²) < 4.78 is 30.0. The summed E-state index contributed by atoms with van der Waals surface area (Å²) in [6.07, 6.45) is 0.212. The third-order valence-corrected chi connectivity index (χ3v) is 7.46. The van der Waals surface area contributed by atoms with E-state index in [1.165, 1.54) is 29.2 Å². The molecule has 2 aromatic carbocycles. The van der Waals surface area contributed by atoms with Crippen LogP contribution in [0.1, 0.15) is 6.42 Å². The van der Waals surface area contributed by atoms with E-state index in [1.54, 1.807) is 0 Å². The van der Waals surface area contributed by atoms with Gasteiger partial charge in [0.1, 0.15) is 5.25 Å². The molecule has 0 N–H and O–H groups in total. The van der Waals surface area contributed by atoms with Crippen molar-refractivity contribution in [3.63, 3.8) is 0 Å². The van der Waals surface area contributed by atoms with Crippen molar-refractivity contribution >= 4 is 44.0 Å². The molecule has 9 heteroatoms. The summed E-state index contributed by atoms with van der Waals surface area (Å²) >= 11 is 6.91. The van der Waals surface area contributed by atoms with Crippen molar-refractivity contribution in [1.82, 2.24) is 9.36 Å². The van der Waals surface area contributed by atoms with Gasteiger partial charge in [0.15, 0.2) is 15.7 Å². The molecular weight excluding hydrogens is 406 g/mol. The van der Waals surface area contributed by atoms with Gasteiger partial charge in [0.2, 0.25) is 11.0 Å². The molecule has 138 valence electrons. The second kappa shape index (κ2) is 7.03. The summed E-state index contributed by atoms with van der Waals surface area (Å²) in [5.41, 5.74) is 0.844. The highest BCUT2D eigenvalue weighted by Gasteiger charge is 2.43. The van der Waals surface area contributed by atoms with Gasteiger partial charge < -0.3 is 0 Å². The third-order valence-electron chi connectivity index (χ3n) is 4.35. The number of carbonyl (C=O) groups is 1. The number of hydrogen-bond donors (Lipinski definition) is 0. The van der Waals surface area contributed by atoms with E-state index in [2.05, 4.69) is 9.36 Å². The minimum absolute atomic E-state index is 0.0920. The summed E-state index contributed by atoms with van der Waals surface area (Å²) in [4.78, 5) is 18.7. The molecule has 0 aliphatic carbocycles. The number of anilines is 1. The number of hydrogen-bond acceptors (Lipinski definition) is 6. The molecule has 0 bridgehead atoms. The molecule has 4 rings (SSSR count). The molecule has 3 aromatic rings. The summed E-state index contributed by atoms with van der Waals surface area (Å²) in [5.74, 6) is 0.0492. The van der Waals surface area contributed by atoms with E-state index >= 15 is 0 Å². The zero-order valence-corrected chi connectivity index (χ0v) is 16.3. The fraction of sp³-hybridized carbons (Fsp3) is 0.167. The highest BCUT2D eigenvalue weighted by Crippen LogP contribution is 2.31. The Kier molecular flexibility index (Phi) is 4.71. The van der Waals surface area contributed by atoms with Crippen molar-refractivity contribution in [3.05, 3.63) is 59.6 Å². The Morgan fingerprint density at radius 2 is 1.78 bits per heavy atom. The van der Waals surface area contributed by atoms with Crippen LogP contribution in [0.15, 0.2) is 59.5 Å². The maximum Gasteiger partial charge on any atom is 0.247 e. The SMILES string of the molecule is O=C1C(S(=O)(=O)c2ccc(Cl)cc2)CCN1c1nc(-c2ccccc2)ns1. The van der Waals surface area contributed by atoms with Gasteiger partial charge in [0.05, 0.1) is 4.90 Å². The number of rotatable bonds is 4. The third kappa shape index (κ3) is 3.36. The van der Waals surface area contributed by atoms with E-state index in [9.17, 15) is 13.2 Å². The lowest BCUT2D eigenvalue weighted by Gasteiger charge is -2.13. The molecule has 1 atom stereocenters. The smallest absolute Gasteiger partial charge is 0.247 e. The summed E-state index contributed by atoms with van der Waals surface area (Å²) in [5, 5.41) is -0.272. The van der Waals surface area contributed by atoms with Gasteiger partial charge in [-0.1, -0.05) is 41.9 Å². The van der Waals surface area contributed by atoms with Crippen molar-refractivity contribution in [2.45, 2.75) is 16.6 Å². The van der Waals surface area contributed by atoms with Crippen LogP contribution in [0.2, 0.25) is 5.02 Å². The Bertz CT molecular complexity index is 1080. The lowest BCUT2D eigenvalue weighted by molar-refractivity contribution is -0.116. The molecule has 2 heterocycles. The van der Waals surface area contributed by atoms with Crippen LogP contribution in [0.25, 0.3) is 11.4 Å². The van der Waals surface area contributed by atoms with Crippen LogP contribution >= 0.6 is 23.1 Å². The normalized spacial score (nSPS) is 17.4. The lowest BCUT2D eigenvalue weighted by atomic mass is 10.2. The van der Waals surface area contributed by atoms with Crippen LogP contribution in [0, 0.1) is 0 Å². The largest absolute Gasteiger partial charge is 0.286 e. The molecule has 1 amide bonds. The Morgan fingerprint density at radius 1 is 1.07 bits per heavy atom. The van der Waals surface area contributed by atoms with Gasteiger partial charge in [-0.2, -0.15) is 9.36 Å². The van der Waals surface area contributed by atoms with E-state index in [1.807, 2.05) is 30.3 Å². The van der Waals surface area contributed by atoms with E-state index in [4.69, 9.17) is 11.6 Å². The van der Waals surface area contributed by atoms with Crippen molar-refractivity contribution in [2.24, 2.45) is 0 Å². The second-order valence-corrected chi connectivity index (χ2v) is 9.33. The maximum absolute atomic E-state index is 12.8. The number of nitrogens with zero attached hydrogens (tertiary/aromatic N) is 3. The average Bonchev–Trinajstić information content (AvgIpc) is 3.30. The van der Waals surface area contributed by atoms with Gasteiger partial charge in [0, 0.05) is 28.7 Å². The zero-order valence-electron chi connectivity index (χ0n) is 13.9. The van der Waals surface area contributed by atoms with Gasteiger partial charge >= 0.3 is 0 Å². The molecule has 1 aromatic heterocycles. The number of amides is 1. The molecular formula is C18H14ClN3O3S2. The maximum atomic E-state index is 12.8. The second-order valence-electron chi connectivity index (χ2n) is 6.03. The molecule has 1 aliphatic heterocycles. The predicted octanol–water partition coefficient (Wildman–Crippen LogP) is 3.44. The van der Waals surface area contributed by atoms with E-state index in [0.717, 1.165) is 17.1 Å². The van der Waals surface area contributed by atoms with E-state index < -0.39 is 21.0 Å². The van der Waals surface area contributed by atoms with Crippen LogP contribution in [0.5, 0.6) is 0 Å². The van der Waals surface area contributed by atoms with Crippen LogP contribution in [0.4, 0.5) is 5.13 Å². The van der Waals surface area contributed by atoms with Crippen LogP contribution < -0.4 is 4.90 Å². The monoisotopic (exact) mass is 419 g/mol. The Balaban J connectivity index is 1.59. The molecule has 1 fully saturated rings. The first kappa shape index (κ1) is 18.1. The molecule has 0 radical (unpaired) electrons. The van der Waals surface area contributed by atoms with Crippen molar-refractivity contribution in [3.8, 4) is 11.4 Å². The Morgan fingerprint density at radius 3 is 2.48 bits per heavy atom. The summed E-state index contributed by atoms with van der Waals surface area (Å²) in [7, 11) is -3.78. The average molecular weight is 420 g/mol.